The first-order valence-electron chi connectivity index (χ1n) is 9.90. The maximum Gasteiger partial charge on any atom is 0.259 e. The summed E-state index contributed by atoms with van der Waals surface area (Å²) in [6, 6.07) is 17.5. The Balaban J connectivity index is 1.52. The first-order chi connectivity index (χ1) is 15.5. The summed E-state index contributed by atoms with van der Waals surface area (Å²) < 4.78 is 2.00. The Morgan fingerprint density at radius 3 is 2.56 bits per heavy atom. The number of nitrogens with one attached hydrogen (secondary N) is 1. The molecule has 5 rings (SSSR count). The number of para-hydroxylation sites is 1. The summed E-state index contributed by atoms with van der Waals surface area (Å²) in [5.41, 5.74) is 2.76. The van der Waals surface area contributed by atoms with Crippen molar-refractivity contribution in [2.45, 2.75) is 24.8 Å². The van der Waals surface area contributed by atoms with E-state index in [0.29, 0.717) is 27.1 Å². The van der Waals surface area contributed by atoms with Crippen LogP contribution in [0.25, 0.3) is 27.3 Å². The topological polar surface area (TPSA) is 76.5 Å². The minimum Gasteiger partial charge on any atom is -0.309 e. The lowest BCUT2D eigenvalue weighted by molar-refractivity contribution is 0.883. The van der Waals surface area contributed by atoms with Gasteiger partial charge in [-0.2, -0.15) is 0 Å². The Kier molecular flexibility index (Phi) is 5.58. The Hall–Kier alpha value is -2.94. The van der Waals surface area contributed by atoms with Gasteiger partial charge in [-0.05, 0) is 55.8 Å². The van der Waals surface area contributed by atoms with Crippen LogP contribution in [0.2, 0.25) is 5.02 Å². The molecule has 32 heavy (non-hydrogen) atoms. The number of hydrogen-bond acceptors (Lipinski definition) is 6. The number of thiophene rings is 1. The summed E-state index contributed by atoms with van der Waals surface area (Å²) in [6.45, 7) is 3.97. The van der Waals surface area contributed by atoms with E-state index >= 15 is 0 Å². The summed E-state index contributed by atoms with van der Waals surface area (Å²) in [6.07, 6.45) is 0. The smallest absolute Gasteiger partial charge is 0.259 e. The molecule has 0 aliphatic heterocycles. The molecule has 2 aromatic carbocycles. The molecule has 0 bridgehead atoms. The van der Waals surface area contributed by atoms with Crippen LogP contribution < -0.4 is 5.56 Å². The van der Waals surface area contributed by atoms with Gasteiger partial charge in [-0.15, -0.1) is 21.5 Å². The van der Waals surface area contributed by atoms with Crippen molar-refractivity contribution >= 4 is 44.9 Å². The summed E-state index contributed by atoms with van der Waals surface area (Å²) in [5, 5.41) is 10.9. The first-order valence-corrected chi connectivity index (χ1v) is 12.1. The highest BCUT2D eigenvalue weighted by molar-refractivity contribution is 7.98. The number of hydrogen-bond donors (Lipinski definition) is 1. The summed E-state index contributed by atoms with van der Waals surface area (Å²) in [5.74, 6) is 1.80. The van der Waals surface area contributed by atoms with Crippen LogP contribution in [0.15, 0.2) is 64.5 Å². The van der Waals surface area contributed by atoms with Gasteiger partial charge in [-0.3, -0.25) is 9.36 Å². The Morgan fingerprint density at radius 2 is 1.81 bits per heavy atom. The van der Waals surface area contributed by atoms with Crippen LogP contribution in [0.3, 0.4) is 0 Å². The third-order valence-corrected chi connectivity index (χ3v) is 7.47. The van der Waals surface area contributed by atoms with E-state index in [0.717, 1.165) is 32.3 Å². The second-order valence-electron chi connectivity index (χ2n) is 7.25. The van der Waals surface area contributed by atoms with E-state index in [4.69, 9.17) is 11.6 Å². The Labute approximate surface area is 197 Å². The van der Waals surface area contributed by atoms with Crippen molar-refractivity contribution in [2.75, 3.05) is 0 Å². The monoisotopic (exact) mass is 479 g/mol. The lowest BCUT2D eigenvalue weighted by Gasteiger charge is -2.10. The van der Waals surface area contributed by atoms with Gasteiger partial charge in [0.05, 0.1) is 11.1 Å². The van der Waals surface area contributed by atoms with Crippen LogP contribution in [0.5, 0.6) is 0 Å². The zero-order chi connectivity index (χ0) is 22.2. The summed E-state index contributed by atoms with van der Waals surface area (Å²) >= 11 is 9.09. The van der Waals surface area contributed by atoms with Gasteiger partial charge in [0, 0.05) is 21.2 Å². The van der Waals surface area contributed by atoms with Crippen LogP contribution in [-0.4, -0.2) is 24.7 Å². The van der Waals surface area contributed by atoms with Crippen molar-refractivity contribution in [2.24, 2.45) is 0 Å². The molecule has 3 heterocycles. The summed E-state index contributed by atoms with van der Waals surface area (Å²) in [7, 11) is 0. The maximum atomic E-state index is 12.6. The molecule has 9 heteroatoms. The molecular weight excluding hydrogens is 462 g/mol. The van der Waals surface area contributed by atoms with Crippen molar-refractivity contribution in [3.63, 3.8) is 0 Å². The third-order valence-electron chi connectivity index (χ3n) is 5.18. The molecule has 0 radical (unpaired) electrons. The predicted molar refractivity (Wildman–Crippen MR) is 131 cm³/mol. The van der Waals surface area contributed by atoms with E-state index < -0.39 is 0 Å². The van der Waals surface area contributed by atoms with Crippen molar-refractivity contribution in [3.8, 4) is 17.1 Å². The van der Waals surface area contributed by atoms with Crippen LogP contribution >= 0.6 is 34.7 Å². The van der Waals surface area contributed by atoms with Crippen molar-refractivity contribution in [1.82, 2.24) is 24.7 Å². The number of thioether (sulfide) groups is 1. The molecule has 0 unspecified atom stereocenters. The highest BCUT2D eigenvalue weighted by Crippen LogP contribution is 2.31. The molecule has 0 spiro atoms. The molecular formula is C23H18ClN5OS2. The number of fused-ring (bicyclic) bond motifs is 1. The second-order valence-corrected chi connectivity index (χ2v) is 9.83. The lowest BCUT2D eigenvalue weighted by Crippen LogP contribution is -2.11. The number of halogens is 1. The Morgan fingerprint density at radius 1 is 1.06 bits per heavy atom. The normalized spacial score (nSPS) is 11.3. The van der Waals surface area contributed by atoms with Crippen LogP contribution in [-0.2, 0) is 5.75 Å². The van der Waals surface area contributed by atoms with Crippen molar-refractivity contribution in [3.05, 3.63) is 86.2 Å². The number of aromatic nitrogens is 5. The van der Waals surface area contributed by atoms with E-state index in [1.54, 1.807) is 11.3 Å². The van der Waals surface area contributed by atoms with E-state index in [1.807, 2.05) is 73.0 Å². The molecule has 0 amide bonds. The van der Waals surface area contributed by atoms with Crippen molar-refractivity contribution < 1.29 is 0 Å². The van der Waals surface area contributed by atoms with Gasteiger partial charge in [-0.25, -0.2) is 4.98 Å². The summed E-state index contributed by atoms with van der Waals surface area (Å²) in [4.78, 5) is 22.1. The average Bonchev–Trinajstić information content (AvgIpc) is 3.34. The fraction of sp³-hybridized carbons (Fsp3) is 0.130. The molecule has 0 aliphatic carbocycles. The molecule has 0 saturated heterocycles. The van der Waals surface area contributed by atoms with E-state index in [2.05, 4.69) is 20.2 Å². The van der Waals surface area contributed by atoms with Gasteiger partial charge in [0.15, 0.2) is 11.0 Å². The number of aryl methyl sites for hydroxylation is 2. The highest BCUT2D eigenvalue weighted by atomic mass is 35.5. The number of aromatic amines is 1. The van der Waals surface area contributed by atoms with Gasteiger partial charge in [0.25, 0.3) is 5.56 Å². The second kappa shape index (κ2) is 8.54. The van der Waals surface area contributed by atoms with Gasteiger partial charge in [0.2, 0.25) is 0 Å². The molecule has 0 fully saturated rings. The molecule has 0 aliphatic rings. The number of nitrogens with zero attached hydrogens (tertiary/aromatic N) is 4. The number of benzene rings is 2. The molecule has 160 valence electrons. The maximum absolute atomic E-state index is 12.6. The minimum atomic E-state index is -0.0983. The fourth-order valence-corrected chi connectivity index (χ4v) is 5.46. The molecule has 3 aromatic heterocycles. The fourth-order valence-electron chi connectivity index (χ4n) is 3.46. The number of rotatable bonds is 5. The standard InChI is InChI=1S/C23H18ClN5OS2/c1-13-14(2)32-22-19(13)21(30)25-18(26-22)12-31-23-28-27-20(15-8-10-16(24)11-9-15)29(23)17-6-4-3-5-7-17/h3-11H,12H2,1-2H3,(H,25,26,30). The zero-order valence-electron chi connectivity index (χ0n) is 17.3. The first kappa shape index (κ1) is 20.9. The van der Waals surface area contributed by atoms with E-state index in [9.17, 15) is 4.79 Å². The molecule has 6 nitrogen and oxygen atoms in total. The third kappa shape index (κ3) is 3.85. The molecule has 1 N–H and O–H groups in total. The van der Waals surface area contributed by atoms with Gasteiger partial charge < -0.3 is 4.98 Å². The predicted octanol–water partition coefficient (Wildman–Crippen LogP) is 5.79. The van der Waals surface area contributed by atoms with Gasteiger partial charge >= 0.3 is 0 Å². The van der Waals surface area contributed by atoms with Crippen LogP contribution in [0.4, 0.5) is 0 Å². The quantitative estimate of drug-likeness (QED) is 0.322. The van der Waals surface area contributed by atoms with E-state index in [1.165, 1.54) is 11.8 Å². The molecule has 0 saturated carbocycles. The zero-order valence-corrected chi connectivity index (χ0v) is 19.7. The van der Waals surface area contributed by atoms with Crippen LogP contribution in [0, 0.1) is 13.8 Å². The van der Waals surface area contributed by atoms with Crippen LogP contribution in [0.1, 0.15) is 16.3 Å². The molecule has 0 atom stereocenters. The van der Waals surface area contributed by atoms with E-state index in [-0.39, 0.29) is 5.56 Å². The Bertz CT molecular complexity index is 1470. The SMILES string of the molecule is Cc1sc2nc(CSc3nnc(-c4ccc(Cl)cc4)n3-c3ccccc3)[nH]c(=O)c2c1C. The van der Waals surface area contributed by atoms with Crippen molar-refractivity contribution in [1.29, 1.82) is 0 Å². The highest BCUT2D eigenvalue weighted by Gasteiger charge is 2.17. The molecule has 5 aromatic rings. The minimum absolute atomic E-state index is 0.0983. The lowest BCUT2D eigenvalue weighted by atomic mass is 10.2. The number of H-pyrrole nitrogens is 1. The largest absolute Gasteiger partial charge is 0.309 e. The van der Waals surface area contributed by atoms with Gasteiger partial charge in [0.1, 0.15) is 10.7 Å². The van der Waals surface area contributed by atoms with Gasteiger partial charge in [-0.1, -0.05) is 41.6 Å². The average molecular weight is 480 g/mol.